The van der Waals surface area contributed by atoms with Gasteiger partial charge in [-0.3, -0.25) is 9.80 Å². The first-order valence-electron chi connectivity index (χ1n) is 15.2. The topological polar surface area (TPSA) is 112 Å². The molecule has 0 aromatic heterocycles. The van der Waals surface area contributed by atoms with Crippen molar-refractivity contribution in [3.63, 3.8) is 0 Å². The zero-order valence-corrected chi connectivity index (χ0v) is 25.1. The van der Waals surface area contributed by atoms with Gasteiger partial charge in [-0.25, -0.2) is 19.2 Å². The number of carbonyl (C=O) groups is 4. The Morgan fingerprint density at radius 3 is 1.41 bits per heavy atom. The minimum atomic E-state index is -0.621. The molecule has 5 aliphatic rings. The van der Waals surface area contributed by atoms with Gasteiger partial charge in [0.15, 0.2) is 0 Å². The molecule has 0 saturated carbocycles. The second-order valence-electron chi connectivity index (χ2n) is 12.0. The number of ether oxygens (including phenoxy) is 4. The van der Waals surface area contributed by atoms with Gasteiger partial charge in [-0.1, -0.05) is 84.9 Å². The fourth-order valence-corrected chi connectivity index (χ4v) is 8.06. The van der Waals surface area contributed by atoms with Crippen LogP contribution in [-0.2, 0) is 41.8 Å². The quantitative estimate of drug-likeness (QED) is 0.199. The molecule has 4 heterocycles. The van der Waals surface area contributed by atoms with Crippen molar-refractivity contribution < 1.29 is 38.1 Å². The van der Waals surface area contributed by atoms with Crippen LogP contribution in [0.2, 0.25) is 0 Å². The molecule has 4 bridgehead atoms. The van der Waals surface area contributed by atoms with Crippen LogP contribution >= 0.6 is 0 Å². The maximum Gasteiger partial charge on any atom is 0.411 e. The summed E-state index contributed by atoms with van der Waals surface area (Å²) >= 11 is 0. The summed E-state index contributed by atoms with van der Waals surface area (Å²) in [7, 11) is 2.54. The summed E-state index contributed by atoms with van der Waals surface area (Å²) in [5.41, 5.74) is 5.82. The third-order valence-corrected chi connectivity index (χ3v) is 9.90. The van der Waals surface area contributed by atoms with E-state index in [2.05, 4.69) is 0 Å². The van der Waals surface area contributed by atoms with Gasteiger partial charge in [0, 0.05) is 11.8 Å². The maximum absolute atomic E-state index is 13.9. The second-order valence-corrected chi connectivity index (χ2v) is 12.0. The molecule has 1 saturated heterocycles. The van der Waals surface area contributed by atoms with Crippen LogP contribution in [0.1, 0.15) is 57.5 Å². The van der Waals surface area contributed by atoms with Crippen molar-refractivity contribution in [2.75, 3.05) is 14.2 Å². The smallest absolute Gasteiger partial charge is 0.411 e. The van der Waals surface area contributed by atoms with Gasteiger partial charge >= 0.3 is 24.1 Å². The lowest BCUT2D eigenvalue weighted by atomic mass is 9.59. The summed E-state index contributed by atoms with van der Waals surface area (Å²) < 4.78 is 21.7. The van der Waals surface area contributed by atoms with E-state index in [4.69, 9.17) is 18.9 Å². The van der Waals surface area contributed by atoms with Gasteiger partial charge in [0.1, 0.15) is 13.2 Å². The van der Waals surface area contributed by atoms with Crippen LogP contribution in [0.3, 0.4) is 0 Å². The van der Waals surface area contributed by atoms with E-state index in [1.54, 1.807) is 9.80 Å². The molecule has 0 unspecified atom stereocenters. The van der Waals surface area contributed by atoms with E-state index in [1.165, 1.54) is 14.2 Å². The van der Waals surface area contributed by atoms with Crippen LogP contribution in [0.25, 0.3) is 0 Å². The number of esters is 2. The molecule has 2 amide bonds. The van der Waals surface area contributed by atoms with E-state index in [1.807, 2.05) is 84.9 Å². The average Bonchev–Trinajstić information content (AvgIpc) is 3.80. The zero-order valence-electron chi connectivity index (χ0n) is 25.1. The molecule has 4 aliphatic heterocycles. The summed E-state index contributed by atoms with van der Waals surface area (Å²) in [6.07, 6.45) is 3.02. The van der Waals surface area contributed by atoms with Crippen LogP contribution in [-0.4, -0.2) is 48.1 Å². The fraction of sp³-hybridized carbons (Fsp3) is 0.278. The number of methoxy groups -OCH3 is 2. The molecule has 10 nitrogen and oxygen atoms in total. The third-order valence-electron chi connectivity index (χ3n) is 9.90. The fourth-order valence-electron chi connectivity index (χ4n) is 8.06. The van der Waals surface area contributed by atoms with E-state index in [0.29, 0.717) is 0 Å². The van der Waals surface area contributed by atoms with E-state index < -0.39 is 48.0 Å². The van der Waals surface area contributed by atoms with Crippen molar-refractivity contribution in [3.05, 3.63) is 129 Å². The molecular formula is C36H30N2O8. The SMILES string of the molecule is COC(=O)C1=C(C(=O)OC)[C@H]2[C@@H]1[C@@H]1c3cc4c(cc3[C@H]2N1C(=O)OCc1ccccc1)[C@@H]1C=C[C@H]4N1C(=O)OCc1ccccc1. The first-order valence-corrected chi connectivity index (χ1v) is 15.2. The van der Waals surface area contributed by atoms with E-state index >= 15 is 0 Å². The number of rotatable bonds is 6. The number of carbonyl (C=O) groups excluding carboxylic acids is 4. The summed E-state index contributed by atoms with van der Waals surface area (Å²) in [4.78, 5) is 56.7. The number of fused-ring (bicyclic) bond motifs is 13. The molecule has 0 radical (unpaired) electrons. The van der Waals surface area contributed by atoms with Crippen LogP contribution in [0.4, 0.5) is 9.59 Å². The number of hydrogen-bond acceptors (Lipinski definition) is 8. The van der Waals surface area contributed by atoms with Gasteiger partial charge in [-0.15, -0.1) is 0 Å². The van der Waals surface area contributed by atoms with Gasteiger partial charge in [0.25, 0.3) is 0 Å². The number of nitrogens with zero attached hydrogens (tertiary/aromatic N) is 2. The lowest BCUT2D eigenvalue weighted by Crippen LogP contribution is -2.42. The van der Waals surface area contributed by atoms with Gasteiger partial charge < -0.3 is 18.9 Å². The molecular weight excluding hydrogens is 588 g/mol. The number of benzene rings is 3. The summed E-state index contributed by atoms with van der Waals surface area (Å²) in [6.45, 7) is 0.237. The Morgan fingerprint density at radius 2 is 1.00 bits per heavy atom. The van der Waals surface area contributed by atoms with E-state index in [9.17, 15) is 19.2 Å². The number of hydrogen-bond donors (Lipinski definition) is 0. The molecule has 0 N–H and O–H groups in total. The third kappa shape index (κ3) is 3.95. The minimum Gasteiger partial charge on any atom is -0.466 e. The first-order chi connectivity index (χ1) is 22.4. The molecule has 10 heteroatoms. The van der Waals surface area contributed by atoms with Crippen LogP contribution in [0, 0.1) is 11.8 Å². The summed E-state index contributed by atoms with van der Waals surface area (Å²) in [5.74, 6) is -2.18. The van der Waals surface area contributed by atoms with Crippen molar-refractivity contribution >= 4 is 24.1 Å². The summed E-state index contributed by atoms with van der Waals surface area (Å²) in [5, 5.41) is 0. The van der Waals surface area contributed by atoms with E-state index in [0.717, 1.165) is 33.4 Å². The van der Waals surface area contributed by atoms with Gasteiger partial charge in [-0.2, -0.15) is 0 Å². The Kier molecular flexibility index (Phi) is 6.49. The van der Waals surface area contributed by atoms with Crippen LogP contribution in [0.15, 0.2) is 96.1 Å². The second kappa shape index (κ2) is 10.6. The van der Waals surface area contributed by atoms with Crippen molar-refractivity contribution in [3.8, 4) is 0 Å². The molecule has 1 aliphatic carbocycles. The Hall–Kier alpha value is -5.38. The highest BCUT2D eigenvalue weighted by Gasteiger charge is 2.68. The van der Waals surface area contributed by atoms with Gasteiger partial charge in [0.2, 0.25) is 0 Å². The molecule has 1 fully saturated rings. The van der Waals surface area contributed by atoms with Crippen molar-refractivity contribution in [1.82, 2.24) is 9.80 Å². The lowest BCUT2D eigenvalue weighted by Gasteiger charge is -2.41. The lowest BCUT2D eigenvalue weighted by molar-refractivity contribution is -0.142. The molecule has 3 aromatic rings. The maximum atomic E-state index is 13.9. The monoisotopic (exact) mass is 618 g/mol. The Morgan fingerprint density at radius 1 is 0.587 bits per heavy atom. The molecule has 6 atom stereocenters. The normalized spacial score (nSPS) is 25.4. The molecule has 0 spiro atoms. The predicted molar refractivity (Wildman–Crippen MR) is 162 cm³/mol. The summed E-state index contributed by atoms with van der Waals surface area (Å²) in [6, 6.07) is 21.2. The average molecular weight is 619 g/mol. The van der Waals surface area contributed by atoms with Crippen molar-refractivity contribution in [2.24, 2.45) is 11.8 Å². The van der Waals surface area contributed by atoms with Crippen LogP contribution in [0.5, 0.6) is 0 Å². The Labute approximate surface area is 264 Å². The highest BCUT2D eigenvalue weighted by atomic mass is 16.6. The molecule has 232 valence electrons. The van der Waals surface area contributed by atoms with Crippen LogP contribution < -0.4 is 0 Å². The minimum absolute atomic E-state index is 0.0764. The molecule has 8 rings (SSSR count). The Bertz CT molecular complexity index is 1780. The standard InChI is InChI=1S/C36H30N2O8/c1-43-33(39)29-27-28(30(29)34(40)44-2)32-24-16-22-21(15-23(24)31(27)38(32)36(42)46-18-20-11-7-4-8-12-20)25-13-14-26(22)37(25)35(41)45-17-19-9-5-3-6-10-19/h3-16,25-28,31-32H,17-18H2,1-2H3/t25-,26+,27+,28-,31+,32-. The highest BCUT2D eigenvalue weighted by Crippen LogP contribution is 2.69. The van der Waals surface area contributed by atoms with E-state index in [-0.39, 0.29) is 36.4 Å². The zero-order chi connectivity index (χ0) is 31.7. The molecule has 46 heavy (non-hydrogen) atoms. The first kappa shape index (κ1) is 28.1. The van der Waals surface area contributed by atoms with Gasteiger partial charge in [0.05, 0.1) is 49.5 Å². The van der Waals surface area contributed by atoms with Gasteiger partial charge in [-0.05, 0) is 33.4 Å². The van der Waals surface area contributed by atoms with Crippen molar-refractivity contribution in [1.29, 1.82) is 0 Å². The predicted octanol–water partition coefficient (Wildman–Crippen LogP) is 5.63. The number of amides is 2. The molecule has 3 aromatic carbocycles. The largest absolute Gasteiger partial charge is 0.466 e. The Balaban J connectivity index is 1.14. The highest BCUT2D eigenvalue weighted by molar-refractivity contribution is 6.05. The van der Waals surface area contributed by atoms with Crippen molar-refractivity contribution in [2.45, 2.75) is 37.4 Å².